The summed E-state index contributed by atoms with van der Waals surface area (Å²) in [5.74, 6) is 0.116. The van der Waals surface area contributed by atoms with E-state index in [2.05, 4.69) is 28.0 Å². The average molecular weight is 335 g/mol. The van der Waals surface area contributed by atoms with Crippen molar-refractivity contribution in [1.29, 1.82) is 0 Å². The van der Waals surface area contributed by atoms with Crippen LogP contribution in [0.15, 0.2) is 34.8 Å². The lowest BCUT2D eigenvalue weighted by Gasteiger charge is -2.11. The highest BCUT2D eigenvalue weighted by molar-refractivity contribution is 9.10. The zero-order chi connectivity index (χ0) is 14.7. The smallest absolute Gasteiger partial charge is 0.166 e. The molecule has 0 aliphatic carbocycles. The third kappa shape index (κ3) is 3.01. The molecule has 0 saturated carbocycles. The lowest BCUT2D eigenvalue weighted by Crippen LogP contribution is -2.16. The third-order valence-corrected chi connectivity index (χ3v) is 4.42. The Kier molecular flexibility index (Phi) is 4.76. The number of nitrogens with zero attached hydrogens (tertiary/aromatic N) is 2. The fourth-order valence-corrected chi connectivity index (χ4v) is 3.09. The van der Waals surface area contributed by atoms with Gasteiger partial charge in [-0.1, -0.05) is 44.2 Å². The first kappa shape index (κ1) is 15.0. The van der Waals surface area contributed by atoms with Crippen LogP contribution in [-0.4, -0.2) is 15.6 Å². The van der Waals surface area contributed by atoms with Crippen LogP contribution in [0.1, 0.15) is 35.6 Å². The maximum absolute atomic E-state index is 12.4. The lowest BCUT2D eigenvalue weighted by molar-refractivity contribution is 0.0928. The summed E-state index contributed by atoms with van der Waals surface area (Å²) in [7, 11) is 1.93. The summed E-state index contributed by atoms with van der Waals surface area (Å²) in [6.07, 6.45) is 1.58. The van der Waals surface area contributed by atoms with Gasteiger partial charge < -0.3 is 0 Å². The molecular formula is C16H19BrN2O. The predicted octanol–water partition coefficient (Wildman–Crippen LogP) is 3.81. The first-order valence-corrected chi connectivity index (χ1v) is 7.63. The number of rotatable bonds is 5. The Morgan fingerprint density at radius 2 is 2.00 bits per heavy atom. The van der Waals surface area contributed by atoms with E-state index >= 15 is 0 Å². The SMILES string of the molecule is CCc1nn(C)c(CC(C)C(=O)c2ccccc2)c1Br. The second-order valence-electron chi connectivity index (χ2n) is 5.02. The molecule has 0 fully saturated rings. The topological polar surface area (TPSA) is 34.9 Å². The quantitative estimate of drug-likeness (QED) is 0.779. The molecule has 0 spiro atoms. The van der Waals surface area contributed by atoms with E-state index in [-0.39, 0.29) is 11.7 Å². The van der Waals surface area contributed by atoms with E-state index < -0.39 is 0 Å². The number of halogens is 1. The fourth-order valence-electron chi connectivity index (χ4n) is 2.31. The molecule has 0 amide bonds. The van der Waals surface area contributed by atoms with Gasteiger partial charge in [0.25, 0.3) is 0 Å². The molecule has 3 nitrogen and oxygen atoms in total. The fraction of sp³-hybridized carbons (Fsp3) is 0.375. The Hall–Kier alpha value is -1.42. The molecule has 20 heavy (non-hydrogen) atoms. The minimum absolute atomic E-state index is 0.0613. The van der Waals surface area contributed by atoms with Gasteiger partial charge in [0, 0.05) is 24.9 Å². The largest absolute Gasteiger partial charge is 0.294 e. The molecule has 2 aromatic rings. The van der Waals surface area contributed by atoms with Crippen molar-refractivity contribution in [3.63, 3.8) is 0 Å². The number of carbonyl (C=O) groups excluding carboxylic acids is 1. The number of benzene rings is 1. The number of hydrogen-bond donors (Lipinski definition) is 0. The predicted molar refractivity (Wildman–Crippen MR) is 83.9 cm³/mol. The van der Waals surface area contributed by atoms with Crippen LogP contribution in [0.2, 0.25) is 0 Å². The standard InChI is InChI=1S/C16H19BrN2O/c1-4-13-15(17)14(19(3)18-13)10-11(2)16(20)12-8-6-5-7-9-12/h5-9,11H,4,10H2,1-3H3. The van der Waals surface area contributed by atoms with Crippen LogP contribution < -0.4 is 0 Å². The van der Waals surface area contributed by atoms with Crippen molar-refractivity contribution in [1.82, 2.24) is 9.78 Å². The zero-order valence-electron chi connectivity index (χ0n) is 12.1. The van der Waals surface area contributed by atoms with Crippen molar-refractivity contribution in [3.8, 4) is 0 Å². The lowest BCUT2D eigenvalue weighted by atomic mass is 9.95. The Bertz CT molecular complexity index is 604. The van der Waals surface area contributed by atoms with E-state index in [1.807, 2.05) is 49.0 Å². The van der Waals surface area contributed by atoms with E-state index in [0.29, 0.717) is 6.42 Å². The van der Waals surface area contributed by atoms with Gasteiger partial charge in [-0.25, -0.2) is 0 Å². The summed E-state index contributed by atoms with van der Waals surface area (Å²) in [5, 5.41) is 4.47. The summed E-state index contributed by atoms with van der Waals surface area (Å²) in [5.41, 5.74) is 2.90. The van der Waals surface area contributed by atoms with Crippen molar-refractivity contribution in [2.24, 2.45) is 13.0 Å². The van der Waals surface area contributed by atoms with Gasteiger partial charge in [0.05, 0.1) is 15.9 Å². The van der Waals surface area contributed by atoms with E-state index in [0.717, 1.165) is 27.8 Å². The zero-order valence-corrected chi connectivity index (χ0v) is 13.6. The van der Waals surface area contributed by atoms with E-state index in [1.165, 1.54) is 0 Å². The molecule has 106 valence electrons. The third-order valence-electron chi connectivity index (χ3n) is 3.51. The molecule has 0 radical (unpaired) electrons. The highest BCUT2D eigenvalue weighted by Crippen LogP contribution is 2.25. The Morgan fingerprint density at radius 3 is 2.55 bits per heavy atom. The second-order valence-corrected chi connectivity index (χ2v) is 5.81. The van der Waals surface area contributed by atoms with Crippen LogP contribution in [-0.2, 0) is 19.9 Å². The van der Waals surface area contributed by atoms with Crippen LogP contribution in [0, 0.1) is 5.92 Å². The summed E-state index contributed by atoms with van der Waals surface area (Å²) in [4.78, 5) is 12.4. The van der Waals surface area contributed by atoms with Crippen LogP contribution in [0.4, 0.5) is 0 Å². The molecule has 0 saturated heterocycles. The van der Waals surface area contributed by atoms with Crippen molar-refractivity contribution < 1.29 is 4.79 Å². The van der Waals surface area contributed by atoms with Gasteiger partial charge in [-0.2, -0.15) is 5.10 Å². The summed E-state index contributed by atoms with van der Waals surface area (Å²) < 4.78 is 2.91. The van der Waals surface area contributed by atoms with Gasteiger partial charge >= 0.3 is 0 Å². The Balaban J connectivity index is 2.18. The molecule has 4 heteroatoms. The van der Waals surface area contributed by atoms with Crippen molar-refractivity contribution >= 4 is 21.7 Å². The van der Waals surface area contributed by atoms with Gasteiger partial charge in [-0.3, -0.25) is 9.48 Å². The molecular weight excluding hydrogens is 316 g/mol. The molecule has 1 heterocycles. The van der Waals surface area contributed by atoms with Gasteiger partial charge in [-0.15, -0.1) is 0 Å². The van der Waals surface area contributed by atoms with E-state index in [4.69, 9.17) is 0 Å². The first-order chi connectivity index (χ1) is 9.54. The molecule has 0 N–H and O–H groups in total. The van der Waals surface area contributed by atoms with E-state index in [9.17, 15) is 4.79 Å². The number of aromatic nitrogens is 2. The number of ketones is 1. The molecule has 0 bridgehead atoms. The van der Waals surface area contributed by atoms with Crippen molar-refractivity contribution in [2.45, 2.75) is 26.7 Å². The minimum atomic E-state index is -0.0613. The molecule has 1 unspecified atom stereocenters. The van der Waals surface area contributed by atoms with Crippen LogP contribution in [0.25, 0.3) is 0 Å². The monoisotopic (exact) mass is 334 g/mol. The summed E-state index contributed by atoms with van der Waals surface area (Å²) >= 11 is 3.60. The minimum Gasteiger partial charge on any atom is -0.294 e. The molecule has 2 rings (SSSR count). The maximum atomic E-state index is 12.4. The average Bonchev–Trinajstić information content (AvgIpc) is 2.74. The second kappa shape index (κ2) is 6.35. The molecule has 1 aromatic heterocycles. The first-order valence-electron chi connectivity index (χ1n) is 6.84. The van der Waals surface area contributed by atoms with Gasteiger partial charge in [0.15, 0.2) is 5.78 Å². The number of hydrogen-bond acceptors (Lipinski definition) is 2. The van der Waals surface area contributed by atoms with Crippen molar-refractivity contribution in [3.05, 3.63) is 51.8 Å². The summed E-state index contributed by atoms with van der Waals surface area (Å²) in [6, 6.07) is 9.46. The normalized spacial score (nSPS) is 12.4. The highest BCUT2D eigenvalue weighted by Gasteiger charge is 2.20. The molecule has 0 aliphatic heterocycles. The Morgan fingerprint density at radius 1 is 1.35 bits per heavy atom. The molecule has 1 atom stereocenters. The van der Waals surface area contributed by atoms with Crippen molar-refractivity contribution in [2.75, 3.05) is 0 Å². The highest BCUT2D eigenvalue weighted by atomic mass is 79.9. The summed E-state index contributed by atoms with van der Waals surface area (Å²) in [6.45, 7) is 4.05. The van der Waals surface area contributed by atoms with Crippen LogP contribution in [0.3, 0.4) is 0 Å². The van der Waals surface area contributed by atoms with Crippen LogP contribution in [0.5, 0.6) is 0 Å². The molecule has 1 aromatic carbocycles. The number of carbonyl (C=O) groups is 1. The van der Waals surface area contributed by atoms with Gasteiger partial charge in [0.2, 0.25) is 0 Å². The van der Waals surface area contributed by atoms with Gasteiger partial charge in [0.1, 0.15) is 0 Å². The molecule has 0 aliphatic rings. The number of Topliss-reactive ketones (excluding diaryl/α,β-unsaturated/α-hetero) is 1. The maximum Gasteiger partial charge on any atom is 0.166 e. The van der Waals surface area contributed by atoms with Gasteiger partial charge in [-0.05, 0) is 22.4 Å². The van der Waals surface area contributed by atoms with E-state index in [1.54, 1.807) is 0 Å². The van der Waals surface area contributed by atoms with Crippen LogP contribution >= 0.6 is 15.9 Å². The Labute approximate surface area is 128 Å². The number of aryl methyl sites for hydroxylation is 2.